The molecule has 0 fully saturated rings. The van der Waals surface area contributed by atoms with Gasteiger partial charge >= 0.3 is 5.97 Å². The maximum Gasteiger partial charge on any atom is 0.327 e. The summed E-state index contributed by atoms with van der Waals surface area (Å²) in [7, 11) is 0. The molecule has 2 aromatic rings. The molecule has 0 aliphatic rings. The summed E-state index contributed by atoms with van der Waals surface area (Å²) in [5.41, 5.74) is 1.01. The van der Waals surface area contributed by atoms with Crippen LogP contribution in [0.15, 0.2) is 16.9 Å². The molecule has 1 aromatic heterocycles. The molecular formula is C16H20N2O4. The standard InChI is InChI=1S/C16H20N2O4/c1-5-22-13(20)8-18-16(21)14-11(15(17-18)9(2)3)6-10(4)7-12(14)19/h6-7,9,19H,5,8H2,1-4H3. The zero-order valence-corrected chi connectivity index (χ0v) is 13.2. The SMILES string of the molecule is CCOC(=O)Cn1nc(C(C)C)c2cc(C)cc(O)c2c1=O. The van der Waals surface area contributed by atoms with E-state index in [4.69, 9.17) is 4.74 Å². The Labute approximate surface area is 128 Å². The van der Waals surface area contributed by atoms with Crippen molar-refractivity contribution in [2.75, 3.05) is 6.61 Å². The van der Waals surface area contributed by atoms with Gasteiger partial charge in [0.2, 0.25) is 0 Å². The molecule has 0 bridgehead atoms. The van der Waals surface area contributed by atoms with Gasteiger partial charge < -0.3 is 9.84 Å². The molecule has 0 atom stereocenters. The molecule has 0 amide bonds. The number of phenolic OH excluding ortho intramolecular Hbond substituents is 1. The highest BCUT2D eigenvalue weighted by atomic mass is 16.5. The number of phenols is 1. The van der Waals surface area contributed by atoms with E-state index in [2.05, 4.69) is 5.10 Å². The lowest BCUT2D eigenvalue weighted by Crippen LogP contribution is -2.29. The Kier molecular flexibility index (Phi) is 4.49. The Morgan fingerprint density at radius 1 is 1.41 bits per heavy atom. The van der Waals surface area contributed by atoms with Crippen molar-refractivity contribution in [3.05, 3.63) is 33.7 Å². The third kappa shape index (κ3) is 2.95. The van der Waals surface area contributed by atoms with Crippen LogP contribution in [0.5, 0.6) is 5.75 Å². The fourth-order valence-electron chi connectivity index (χ4n) is 2.42. The van der Waals surface area contributed by atoms with Gasteiger partial charge in [0.15, 0.2) is 0 Å². The number of hydrogen-bond acceptors (Lipinski definition) is 5. The van der Waals surface area contributed by atoms with E-state index in [1.165, 1.54) is 6.07 Å². The zero-order valence-electron chi connectivity index (χ0n) is 13.2. The van der Waals surface area contributed by atoms with E-state index in [9.17, 15) is 14.7 Å². The molecule has 0 saturated carbocycles. The van der Waals surface area contributed by atoms with Gasteiger partial charge in [-0.15, -0.1) is 0 Å². The summed E-state index contributed by atoms with van der Waals surface area (Å²) in [5, 5.41) is 15.3. The van der Waals surface area contributed by atoms with Gasteiger partial charge in [0.25, 0.3) is 5.56 Å². The number of benzene rings is 1. The molecule has 1 N–H and O–H groups in total. The van der Waals surface area contributed by atoms with Gasteiger partial charge in [0.05, 0.1) is 17.7 Å². The van der Waals surface area contributed by atoms with Crippen LogP contribution >= 0.6 is 0 Å². The van der Waals surface area contributed by atoms with Crippen LogP contribution in [0.1, 0.15) is 37.9 Å². The number of esters is 1. The number of aromatic nitrogens is 2. The highest BCUT2D eigenvalue weighted by Gasteiger charge is 2.18. The first-order chi connectivity index (χ1) is 10.3. The van der Waals surface area contributed by atoms with Gasteiger partial charge in [0, 0.05) is 5.39 Å². The summed E-state index contributed by atoms with van der Waals surface area (Å²) in [6, 6.07) is 3.36. The molecule has 22 heavy (non-hydrogen) atoms. The van der Waals surface area contributed by atoms with Gasteiger partial charge in [-0.2, -0.15) is 5.10 Å². The number of aromatic hydroxyl groups is 1. The number of carbonyl (C=O) groups excluding carboxylic acids is 1. The number of aryl methyl sites for hydroxylation is 1. The van der Waals surface area contributed by atoms with Crippen LogP contribution < -0.4 is 5.56 Å². The maximum atomic E-state index is 12.5. The van der Waals surface area contributed by atoms with E-state index < -0.39 is 11.5 Å². The second-order valence-electron chi connectivity index (χ2n) is 5.51. The van der Waals surface area contributed by atoms with Gasteiger partial charge in [-0.05, 0) is 37.5 Å². The third-order valence-electron chi connectivity index (χ3n) is 3.35. The monoisotopic (exact) mass is 304 g/mol. The van der Waals surface area contributed by atoms with E-state index in [1.807, 2.05) is 26.8 Å². The Morgan fingerprint density at radius 3 is 2.68 bits per heavy atom. The quantitative estimate of drug-likeness (QED) is 0.875. The average Bonchev–Trinajstić information content (AvgIpc) is 2.41. The molecule has 1 aromatic carbocycles. The lowest BCUT2D eigenvalue weighted by atomic mass is 10.0. The summed E-state index contributed by atoms with van der Waals surface area (Å²) in [6.45, 7) is 7.40. The number of carbonyl (C=O) groups is 1. The topological polar surface area (TPSA) is 81.4 Å². The second kappa shape index (κ2) is 6.17. The normalized spacial score (nSPS) is 11.1. The summed E-state index contributed by atoms with van der Waals surface area (Å²) in [4.78, 5) is 24.1. The minimum absolute atomic E-state index is 0.0396. The molecule has 0 aliphatic heterocycles. The van der Waals surface area contributed by atoms with E-state index >= 15 is 0 Å². The molecule has 6 nitrogen and oxygen atoms in total. The number of hydrogen-bond donors (Lipinski definition) is 1. The minimum atomic E-state index is -0.530. The predicted molar refractivity (Wildman–Crippen MR) is 83.1 cm³/mol. The molecule has 0 unspecified atom stereocenters. The summed E-state index contributed by atoms with van der Waals surface area (Å²) in [5.74, 6) is -0.586. The number of fused-ring (bicyclic) bond motifs is 1. The molecule has 1 heterocycles. The van der Waals surface area contributed by atoms with Crippen LogP contribution in [0.3, 0.4) is 0 Å². The molecule has 118 valence electrons. The minimum Gasteiger partial charge on any atom is -0.507 e. The van der Waals surface area contributed by atoms with E-state index in [0.717, 1.165) is 10.2 Å². The van der Waals surface area contributed by atoms with Crippen molar-refractivity contribution in [1.82, 2.24) is 9.78 Å². The number of ether oxygens (including phenoxy) is 1. The lowest BCUT2D eigenvalue weighted by Gasteiger charge is -2.14. The largest absolute Gasteiger partial charge is 0.507 e. The molecule has 0 saturated heterocycles. The van der Waals surface area contributed by atoms with Crippen molar-refractivity contribution in [1.29, 1.82) is 0 Å². The van der Waals surface area contributed by atoms with Crippen LogP contribution in [0.25, 0.3) is 10.8 Å². The van der Waals surface area contributed by atoms with Gasteiger partial charge in [-0.3, -0.25) is 9.59 Å². The van der Waals surface area contributed by atoms with Crippen LogP contribution in [0.4, 0.5) is 0 Å². The Morgan fingerprint density at radius 2 is 2.09 bits per heavy atom. The first-order valence-corrected chi connectivity index (χ1v) is 7.25. The van der Waals surface area contributed by atoms with Gasteiger partial charge in [0.1, 0.15) is 12.3 Å². The fraction of sp³-hybridized carbons (Fsp3) is 0.438. The lowest BCUT2D eigenvalue weighted by molar-refractivity contribution is -0.144. The summed E-state index contributed by atoms with van der Waals surface area (Å²) in [6.07, 6.45) is 0. The summed E-state index contributed by atoms with van der Waals surface area (Å²) < 4.78 is 5.92. The highest BCUT2D eigenvalue weighted by molar-refractivity contribution is 5.90. The third-order valence-corrected chi connectivity index (χ3v) is 3.35. The molecule has 0 spiro atoms. The Hall–Kier alpha value is -2.37. The fourth-order valence-corrected chi connectivity index (χ4v) is 2.42. The van der Waals surface area contributed by atoms with E-state index in [1.54, 1.807) is 6.92 Å². The van der Waals surface area contributed by atoms with E-state index in [0.29, 0.717) is 11.1 Å². The van der Waals surface area contributed by atoms with Crippen molar-refractivity contribution in [3.63, 3.8) is 0 Å². The molecule has 6 heteroatoms. The molecule has 0 radical (unpaired) electrons. The molecule has 2 rings (SSSR count). The van der Waals surface area contributed by atoms with E-state index in [-0.39, 0.29) is 30.2 Å². The zero-order chi connectivity index (χ0) is 16.4. The molecular weight excluding hydrogens is 284 g/mol. The van der Waals surface area contributed by atoms with Gasteiger partial charge in [-0.25, -0.2) is 4.68 Å². The number of nitrogens with zero attached hydrogens (tertiary/aromatic N) is 2. The van der Waals surface area contributed by atoms with Gasteiger partial charge in [-0.1, -0.05) is 13.8 Å². The van der Waals surface area contributed by atoms with Crippen LogP contribution in [0.2, 0.25) is 0 Å². The Balaban J connectivity index is 2.72. The van der Waals surface area contributed by atoms with Crippen LogP contribution in [-0.4, -0.2) is 27.5 Å². The molecule has 0 aliphatic carbocycles. The van der Waals surface area contributed by atoms with Crippen molar-refractivity contribution in [2.24, 2.45) is 0 Å². The van der Waals surface area contributed by atoms with Crippen LogP contribution in [0, 0.1) is 6.92 Å². The van der Waals surface area contributed by atoms with Crippen LogP contribution in [-0.2, 0) is 16.1 Å². The highest BCUT2D eigenvalue weighted by Crippen LogP contribution is 2.28. The smallest absolute Gasteiger partial charge is 0.327 e. The first kappa shape index (κ1) is 16.0. The maximum absolute atomic E-state index is 12.5. The van der Waals surface area contributed by atoms with Crippen molar-refractivity contribution >= 4 is 16.7 Å². The average molecular weight is 304 g/mol. The predicted octanol–water partition coefficient (Wildman–Crippen LogP) is 2.10. The second-order valence-corrected chi connectivity index (χ2v) is 5.51. The number of rotatable bonds is 4. The Bertz CT molecular complexity index is 778. The first-order valence-electron chi connectivity index (χ1n) is 7.25. The van der Waals surface area contributed by atoms with Crippen molar-refractivity contribution in [2.45, 2.75) is 40.2 Å². The van der Waals surface area contributed by atoms with Crippen molar-refractivity contribution in [3.8, 4) is 5.75 Å². The summed E-state index contributed by atoms with van der Waals surface area (Å²) >= 11 is 0. The van der Waals surface area contributed by atoms with Crippen molar-refractivity contribution < 1.29 is 14.6 Å².